The Hall–Kier alpha value is -1.45. The van der Waals surface area contributed by atoms with Crippen molar-refractivity contribution < 1.29 is 4.39 Å². The smallest absolute Gasteiger partial charge is 0.141 e. The number of aromatic nitrogens is 1. The van der Waals surface area contributed by atoms with Crippen molar-refractivity contribution in [2.24, 2.45) is 0 Å². The fraction of sp³-hybridized carbons (Fsp3) is 0.312. The summed E-state index contributed by atoms with van der Waals surface area (Å²) >= 11 is 6.21. The first kappa shape index (κ1) is 14.9. The van der Waals surface area contributed by atoms with Gasteiger partial charge in [0.05, 0.1) is 17.9 Å². The Labute approximate surface area is 124 Å². The van der Waals surface area contributed by atoms with Gasteiger partial charge in [-0.15, -0.1) is 0 Å². The minimum Gasteiger partial charge on any atom is -0.306 e. The van der Waals surface area contributed by atoms with E-state index in [2.05, 4.69) is 24.1 Å². The summed E-state index contributed by atoms with van der Waals surface area (Å²) in [6.45, 7) is 4.15. The second-order valence-corrected chi connectivity index (χ2v) is 5.48. The third kappa shape index (κ3) is 4.02. The zero-order chi connectivity index (χ0) is 14.5. The van der Waals surface area contributed by atoms with Crippen LogP contribution in [0.1, 0.15) is 31.1 Å². The monoisotopic (exact) mass is 292 g/mol. The van der Waals surface area contributed by atoms with Gasteiger partial charge in [-0.1, -0.05) is 43.6 Å². The maximum atomic E-state index is 13.0. The fourth-order valence-corrected chi connectivity index (χ4v) is 2.34. The van der Waals surface area contributed by atoms with Gasteiger partial charge >= 0.3 is 0 Å². The van der Waals surface area contributed by atoms with E-state index in [1.165, 1.54) is 12.3 Å². The van der Waals surface area contributed by atoms with Gasteiger partial charge in [-0.05, 0) is 30.2 Å². The quantitative estimate of drug-likeness (QED) is 0.895. The molecule has 20 heavy (non-hydrogen) atoms. The molecule has 0 aliphatic carbocycles. The Kier molecular flexibility index (Phi) is 5.10. The Bertz CT molecular complexity index is 555. The van der Waals surface area contributed by atoms with Gasteiger partial charge < -0.3 is 5.32 Å². The van der Waals surface area contributed by atoms with Crippen LogP contribution in [0.25, 0.3) is 0 Å². The SMILES string of the molecule is CC(C)NC(Cc1ccccc1Cl)c1ccc(F)cn1. The molecule has 1 heterocycles. The van der Waals surface area contributed by atoms with Crippen LogP contribution in [-0.2, 0) is 6.42 Å². The zero-order valence-corrected chi connectivity index (χ0v) is 12.4. The summed E-state index contributed by atoms with van der Waals surface area (Å²) in [4.78, 5) is 4.18. The highest BCUT2D eigenvalue weighted by molar-refractivity contribution is 6.31. The molecule has 0 saturated carbocycles. The molecule has 1 atom stereocenters. The Morgan fingerprint density at radius 1 is 1.20 bits per heavy atom. The molecule has 0 amide bonds. The molecule has 0 fully saturated rings. The molecule has 4 heteroatoms. The highest BCUT2D eigenvalue weighted by Gasteiger charge is 2.16. The van der Waals surface area contributed by atoms with E-state index in [-0.39, 0.29) is 11.9 Å². The van der Waals surface area contributed by atoms with Gasteiger partial charge in [-0.2, -0.15) is 0 Å². The van der Waals surface area contributed by atoms with Gasteiger partial charge in [0.2, 0.25) is 0 Å². The predicted octanol–water partition coefficient (Wildman–Crippen LogP) is 4.16. The van der Waals surface area contributed by atoms with E-state index in [4.69, 9.17) is 11.6 Å². The standard InChI is InChI=1S/C16H18ClFN2/c1-11(2)20-16(15-8-7-13(18)10-19-15)9-12-5-3-4-6-14(12)17/h3-8,10-11,16,20H,9H2,1-2H3. The van der Waals surface area contributed by atoms with Gasteiger partial charge in [0, 0.05) is 11.1 Å². The molecule has 106 valence electrons. The summed E-state index contributed by atoms with van der Waals surface area (Å²) in [6.07, 6.45) is 1.97. The van der Waals surface area contributed by atoms with E-state index < -0.39 is 0 Å². The second-order valence-electron chi connectivity index (χ2n) is 5.07. The van der Waals surface area contributed by atoms with E-state index in [1.807, 2.05) is 24.3 Å². The molecular weight excluding hydrogens is 275 g/mol. The highest BCUT2D eigenvalue weighted by Crippen LogP contribution is 2.23. The molecule has 0 spiro atoms. The van der Waals surface area contributed by atoms with Crippen molar-refractivity contribution in [2.45, 2.75) is 32.4 Å². The van der Waals surface area contributed by atoms with Gasteiger partial charge in [-0.25, -0.2) is 4.39 Å². The maximum Gasteiger partial charge on any atom is 0.141 e. The van der Waals surface area contributed by atoms with E-state index in [1.54, 1.807) is 6.07 Å². The van der Waals surface area contributed by atoms with Gasteiger partial charge in [0.1, 0.15) is 5.82 Å². The van der Waals surface area contributed by atoms with Crippen LogP contribution in [0.5, 0.6) is 0 Å². The molecule has 0 radical (unpaired) electrons. The van der Waals surface area contributed by atoms with Crippen LogP contribution in [0.15, 0.2) is 42.6 Å². The number of halogens is 2. The van der Waals surface area contributed by atoms with Crippen LogP contribution < -0.4 is 5.32 Å². The van der Waals surface area contributed by atoms with Crippen LogP contribution in [0.2, 0.25) is 5.02 Å². The van der Waals surface area contributed by atoms with Crippen LogP contribution in [0.3, 0.4) is 0 Å². The van der Waals surface area contributed by atoms with Crippen molar-refractivity contribution in [1.29, 1.82) is 0 Å². The first-order valence-corrected chi connectivity index (χ1v) is 7.05. The van der Waals surface area contributed by atoms with Crippen molar-refractivity contribution in [3.8, 4) is 0 Å². The number of hydrogen-bond donors (Lipinski definition) is 1. The summed E-state index contributed by atoms with van der Waals surface area (Å²) in [7, 11) is 0. The number of nitrogens with zero attached hydrogens (tertiary/aromatic N) is 1. The lowest BCUT2D eigenvalue weighted by Crippen LogP contribution is -2.30. The summed E-state index contributed by atoms with van der Waals surface area (Å²) in [6, 6.07) is 11.2. The van der Waals surface area contributed by atoms with Crippen LogP contribution in [-0.4, -0.2) is 11.0 Å². The van der Waals surface area contributed by atoms with Crippen molar-refractivity contribution in [1.82, 2.24) is 10.3 Å². The molecule has 0 bridgehead atoms. The average Bonchev–Trinajstić information content (AvgIpc) is 2.41. The van der Waals surface area contributed by atoms with E-state index in [0.29, 0.717) is 6.04 Å². The van der Waals surface area contributed by atoms with E-state index in [0.717, 1.165) is 22.7 Å². The topological polar surface area (TPSA) is 24.9 Å². The van der Waals surface area contributed by atoms with Crippen molar-refractivity contribution in [3.05, 3.63) is 64.7 Å². The van der Waals surface area contributed by atoms with Crippen LogP contribution >= 0.6 is 11.6 Å². The highest BCUT2D eigenvalue weighted by atomic mass is 35.5. The van der Waals surface area contributed by atoms with E-state index >= 15 is 0 Å². The number of rotatable bonds is 5. The summed E-state index contributed by atoms with van der Waals surface area (Å²) < 4.78 is 13.0. The lowest BCUT2D eigenvalue weighted by Gasteiger charge is -2.21. The predicted molar refractivity (Wildman–Crippen MR) is 80.4 cm³/mol. The molecule has 0 aliphatic rings. The van der Waals surface area contributed by atoms with Gasteiger partial charge in [0.25, 0.3) is 0 Å². The Balaban J connectivity index is 2.24. The molecule has 1 aromatic carbocycles. The molecule has 2 nitrogen and oxygen atoms in total. The molecule has 2 aromatic rings. The fourth-order valence-electron chi connectivity index (χ4n) is 2.13. The van der Waals surface area contributed by atoms with Crippen LogP contribution in [0.4, 0.5) is 4.39 Å². The molecule has 1 N–H and O–H groups in total. The number of hydrogen-bond acceptors (Lipinski definition) is 2. The summed E-state index contributed by atoms with van der Waals surface area (Å²) in [5.41, 5.74) is 1.87. The Morgan fingerprint density at radius 3 is 2.55 bits per heavy atom. The normalized spacial score (nSPS) is 12.7. The summed E-state index contributed by atoms with van der Waals surface area (Å²) in [5.74, 6) is -0.324. The summed E-state index contributed by atoms with van der Waals surface area (Å²) in [5, 5.41) is 4.19. The lowest BCUT2D eigenvalue weighted by atomic mass is 10.0. The van der Waals surface area contributed by atoms with Crippen molar-refractivity contribution in [3.63, 3.8) is 0 Å². The minimum absolute atomic E-state index is 0.00972. The van der Waals surface area contributed by atoms with Crippen molar-refractivity contribution in [2.75, 3.05) is 0 Å². The first-order chi connectivity index (χ1) is 9.56. The second kappa shape index (κ2) is 6.82. The molecule has 2 rings (SSSR count). The average molecular weight is 293 g/mol. The van der Waals surface area contributed by atoms with Gasteiger partial charge in [0.15, 0.2) is 0 Å². The zero-order valence-electron chi connectivity index (χ0n) is 11.6. The number of benzene rings is 1. The first-order valence-electron chi connectivity index (χ1n) is 6.67. The molecule has 1 unspecified atom stereocenters. The van der Waals surface area contributed by atoms with Crippen molar-refractivity contribution >= 4 is 11.6 Å². The molecule has 0 aliphatic heterocycles. The number of nitrogens with one attached hydrogen (secondary N) is 1. The molecule has 0 saturated heterocycles. The minimum atomic E-state index is -0.324. The molecule has 1 aromatic heterocycles. The molecular formula is C16H18ClFN2. The lowest BCUT2D eigenvalue weighted by molar-refractivity contribution is 0.464. The largest absolute Gasteiger partial charge is 0.306 e. The third-order valence-electron chi connectivity index (χ3n) is 3.02. The van der Waals surface area contributed by atoms with E-state index in [9.17, 15) is 4.39 Å². The number of pyridine rings is 1. The van der Waals surface area contributed by atoms with Gasteiger partial charge in [-0.3, -0.25) is 4.98 Å². The van der Waals surface area contributed by atoms with Crippen LogP contribution in [0, 0.1) is 5.82 Å². The maximum absolute atomic E-state index is 13.0. The third-order valence-corrected chi connectivity index (χ3v) is 3.39. The Morgan fingerprint density at radius 2 is 1.95 bits per heavy atom.